The Bertz CT molecular complexity index is 598. The van der Waals surface area contributed by atoms with Crippen LogP contribution < -0.4 is 5.32 Å². The standard InChI is InChI=1S/C15H17FN2O2S/c1-10(6-7-19)8-17-14(20)13-9-21-15(18-13)11-2-4-12(16)5-3-11/h2-5,9-10,19H,6-8H2,1H3,(H,17,20). The van der Waals surface area contributed by atoms with Crippen molar-refractivity contribution < 1.29 is 14.3 Å². The van der Waals surface area contributed by atoms with Gasteiger partial charge in [0.2, 0.25) is 0 Å². The number of halogens is 1. The van der Waals surface area contributed by atoms with Gasteiger partial charge in [0.05, 0.1) is 0 Å². The van der Waals surface area contributed by atoms with Crippen molar-refractivity contribution in [2.75, 3.05) is 13.2 Å². The molecule has 0 aliphatic rings. The van der Waals surface area contributed by atoms with Crippen molar-refractivity contribution in [1.29, 1.82) is 0 Å². The fourth-order valence-electron chi connectivity index (χ4n) is 1.78. The van der Waals surface area contributed by atoms with Crippen molar-refractivity contribution in [2.45, 2.75) is 13.3 Å². The first-order chi connectivity index (χ1) is 10.1. The van der Waals surface area contributed by atoms with Gasteiger partial charge in [-0.3, -0.25) is 4.79 Å². The molecule has 0 saturated carbocycles. The molecule has 0 aliphatic carbocycles. The molecule has 2 rings (SSSR count). The zero-order valence-corrected chi connectivity index (χ0v) is 12.5. The fraction of sp³-hybridized carbons (Fsp3) is 0.333. The van der Waals surface area contributed by atoms with Gasteiger partial charge in [0.25, 0.3) is 5.91 Å². The summed E-state index contributed by atoms with van der Waals surface area (Å²) in [4.78, 5) is 16.2. The van der Waals surface area contributed by atoms with E-state index in [9.17, 15) is 9.18 Å². The molecule has 6 heteroatoms. The van der Waals surface area contributed by atoms with Gasteiger partial charge in [-0.2, -0.15) is 0 Å². The number of aliphatic hydroxyl groups excluding tert-OH is 1. The Morgan fingerprint density at radius 2 is 2.14 bits per heavy atom. The van der Waals surface area contributed by atoms with E-state index in [1.807, 2.05) is 6.92 Å². The molecule has 2 N–H and O–H groups in total. The molecule has 2 aromatic rings. The molecule has 4 nitrogen and oxygen atoms in total. The molecule has 0 radical (unpaired) electrons. The molecule has 0 spiro atoms. The largest absolute Gasteiger partial charge is 0.396 e. The highest BCUT2D eigenvalue weighted by molar-refractivity contribution is 7.13. The second-order valence-corrected chi connectivity index (χ2v) is 5.73. The third-order valence-corrected chi connectivity index (χ3v) is 3.95. The summed E-state index contributed by atoms with van der Waals surface area (Å²) in [5.74, 6) is -0.315. The number of nitrogens with zero attached hydrogens (tertiary/aromatic N) is 1. The average Bonchev–Trinajstić information content (AvgIpc) is 2.96. The van der Waals surface area contributed by atoms with Gasteiger partial charge < -0.3 is 10.4 Å². The Morgan fingerprint density at radius 3 is 2.81 bits per heavy atom. The molecule has 1 unspecified atom stereocenters. The smallest absolute Gasteiger partial charge is 0.270 e. The second kappa shape index (κ2) is 7.28. The van der Waals surface area contributed by atoms with E-state index in [4.69, 9.17) is 5.11 Å². The number of benzene rings is 1. The third-order valence-electron chi connectivity index (χ3n) is 3.06. The van der Waals surface area contributed by atoms with Crippen LogP contribution in [0.3, 0.4) is 0 Å². The van der Waals surface area contributed by atoms with Gasteiger partial charge >= 0.3 is 0 Å². The minimum atomic E-state index is -0.300. The van der Waals surface area contributed by atoms with Crippen molar-refractivity contribution in [3.63, 3.8) is 0 Å². The van der Waals surface area contributed by atoms with Crippen LogP contribution in [-0.4, -0.2) is 29.1 Å². The minimum Gasteiger partial charge on any atom is -0.396 e. The summed E-state index contributed by atoms with van der Waals surface area (Å²) in [6.07, 6.45) is 0.651. The maximum Gasteiger partial charge on any atom is 0.270 e. The van der Waals surface area contributed by atoms with Gasteiger partial charge in [-0.15, -0.1) is 11.3 Å². The first-order valence-electron chi connectivity index (χ1n) is 6.70. The highest BCUT2D eigenvalue weighted by Crippen LogP contribution is 2.23. The summed E-state index contributed by atoms with van der Waals surface area (Å²) in [5.41, 5.74) is 1.14. The zero-order valence-electron chi connectivity index (χ0n) is 11.7. The van der Waals surface area contributed by atoms with Crippen molar-refractivity contribution in [2.24, 2.45) is 5.92 Å². The van der Waals surface area contributed by atoms with Crippen LogP contribution in [0.25, 0.3) is 10.6 Å². The molecular formula is C15H17FN2O2S. The number of hydrogen-bond donors (Lipinski definition) is 2. The number of amides is 1. The highest BCUT2D eigenvalue weighted by atomic mass is 32.1. The minimum absolute atomic E-state index is 0.114. The first-order valence-corrected chi connectivity index (χ1v) is 7.58. The Morgan fingerprint density at radius 1 is 1.43 bits per heavy atom. The number of rotatable bonds is 6. The number of aromatic nitrogens is 1. The Kier molecular flexibility index (Phi) is 5.41. The van der Waals surface area contributed by atoms with Crippen molar-refractivity contribution in [1.82, 2.24) is 10.3 Å². The van der Waals surface area contributed by atoms with Crippen molar-refractivity contribution >= 4 is 17.2 Å². The van der Waals surface area contributed by atoms with Gasteiger partial charge in [-0.25, -0.2) is 9.37 Å². The van der Waals surface area contributed by atoms with Crippen molar-refractivity contribution in [3.05, 3.63) is 41.2 Å². The maximum absolute atomic E-state index is 12.9. The second-order valence-electron chi connectivity index (χ2n) is 4.87. The van der Waals surface area contributed by atoms with E-state index in [1.165, 1.54) is 23.5 Å². The van der Waals surface area contributed by atoms with Crippen LogP contribution in [0.2, 0.25) is 0 Å². The maximum atomic E-state index is 12.9. The average molecular weight is 308 g/mol. The molecule has 1 atom stereocenters. The molecule has 0 bridgehead atoms. The van der Waals surface area contributed by atoms with Crippen LogP contribution in [0.5, 0.6) is 0 Å². The quantitative estimate of drug-likeness (QED) is 0.862. The summed E-state index contributed by atoms with van der Waals surface area (Å²) in [5, 5.41) is 14.0. The van der Waals surface area contributed by atoms with Gasteiger partial charge in [-0.05, 0) is 36.6 Å². The van der Waals surface area contributed by atoms with Gasteiger partial charge in [0.1, 0.15) is 16.5 Å². The van der Waals surface area contributed by atoms with Crippen LogP contribution in [0.15, 0.2) is 29.6 Å². The lowest BCUT2D eigenvalue weighted by atomic mass is 10.1. The lowest BCUT2D eigenvalue weighted by Gasteiger charge is -2.09. The Hall–Kier alpha value is -1.79. The summed E-state index contributed by atoms with van der Waals surface area (Å²) >= 11 is 1.35. The third kappa shape index (κ3) is 4.34. The Balaban J connectivity index is 1.99. The molecule has 1 aromatic heterocycles. The van der Waals surface area contributed by atoms with Crippen LogP contribution in [0.4, 0.5) is 4.39 Å². The van der Waals surface area contributed by atoms with E-state index in [-0.39, 0.29) is 24.2 Å². The van der Waals surface area contributed by atoms with Crippen LogP contribution in [0.1, 0.15) is 23.8 Å². The SMILES string of the molecule is CC(CCO)CNC(=O)c1csc(-c2ccc(F)cc2)n1. The fourth-order valence-corrected chi connectivity index (χ4v) is 2.59. The molecule has 1 aromatic carbocycles. The molecular weight excluding hydrogens is 291 g/mol. The predicted molar refractivity (Wildman–Crippen MR) is 80.7 cm³/mol. The van der Waals surface area contributed by atoms with Crippen LogP contribution in [0, 0.1) is 11.7 Å². The molecule has 1 amide bonds. The number of thiazole rings is 1. The number of aliphatic hydroxyl groups is 1. The van der Waals surface area contributed by atoms with Crippen LogP contribution in [-0.2, 0) is 0 Å². The number of carbonyl (C=O) groups excluding carboxylic acids is 1. The molecule has 21 heavy (non-hydrogen) atoms. The molecule has 0 saturated heterocycles. The van der Waals surface area contributed by atoms with Gasteiger partial charge in [-0.1, -0.05) is 6.92 Å². The first kappa shape index (κ1) is 15.6. The summed E-state index contributed by atoms with van der Waals surface area (Å²) in [7, 11) is 0. The number of carbonyl (C=O) groups is 1. The topological polar surface area (TPSA) is 62.2 Å². The predicted octanol–water partition coefficient (Wildman–Crippen LogP) is 2.70. The van der Waals surface area contributed by atoms with Crippen molar-refractivity contribution in [3.8, 4) is 10.6 Å². The van der Waals surface area contributed by atoms with E-state index in [0.717, 1.165) is 5.56 Å². The summed E-state index contributed by atoms with van der Waals surface area (Å²) < 4.78 is 12.9. The van der Waals surface area contributed by atoms with E-state index in [2.05, 4.69) is 10.3 Å². The molecule has 112 valence electrons. The lowest BCUT2D eigenvalue weighted by molar-refractivity contribution is 0.0941. The van der Waals surface area contributed by atoms with Gasteiger partial charge in [0, 0.05) is 24.1 Å². The van der Waals surface area contributed by atoms with Gasteiger partial charge in [0.15, 0.2) is 0 Å². The lowest BCUT2D eigenvalue weighted by Crippen LogP contribution is -2.28. The Labute approximate surface area is 126 Å². The van der Waals surface area contributed by atoms with E-state index >= 15 is 0 Å². The summed E-state index contributed by atoms with van der Waals surface area (Å²) in [6, 6.07) is 6.01. The monoisotopic (exact) mass is 308 g/mol. The summed E-state index contributed by atoms with van der Waals surface area (Å²) in [6.45, 7) is 2.58. The van der Waals surface area contributed by atoms with E-state index in [0.29, 0.717) is 23.7 Å². The number of hydrogen-bond acceptors (Lipinski definition) is 4. The highest BCUT2D eigenvalue weighted by Gasteiger charge is 2.12. The van der Waals surface area contributed by atoms with Crippen LogP contribution >= 0.6 is 11.3 Å². The number of nitrogens with one attached hydrogen (secondary N) is 1. The molecule has 0 fully saturated rings. The molecule has 1 heterocycles. The van der Waals surface area contributed by atoms with E-state index in [1.54, 1.807) is 17.5 Å². The van der Waals surface area contributed by atoms with E-state index < -0.39 is 0 Å². The molecule has 0 aliphatic heterocycles. The normalized spacial score (nSPS) is 12.1. The zero-order chi connectivity index (χ0) is 15.2.